The first kappa shape index (κ1) is 20.9. The maximum atomic E-state index is 12.5. The number of carbonyl (C=O) groups is 1. The van der Waals surface area contributed by atoms with Crippen LogP contribution in [0.4, 0.5) is 0 Å². The third kappa shape index (κ3) is 5.16. The van der Waals surface area contributed by atoms with Crippen LogP contribution in [0.1, 0.15) is 41.6 Å². The highest BCUT2D eigenvalue weighted by atomic mass is 79.9. The number of hydrogen-bond donors (Lipinski definition) is 1. The SMILES string of the molecule is CCn1c(SCc2ccc(Br)cc2)nnc1[C@@H](C)NC(=O)c1ccc(Cl)cc1. The van der Waals surface area contributed by atoms with Gasteiger partial charge in [0.2, 0.25) is 0 Å². The molecule has 0 radical (unpaired) electrons. The van der Waals surface area contributed by atoms with Crippen molar-refractivity contribution in [2.75, 3.05) is 0 Å². The number of amides is 1. The van der Waals surface area contributed by atoms with Gasteiger partial charge in [0.05, 0.1) is 6.04 Å². The predicted octanol–water partition coefficient (Wildman–Crippen LogP) is 5.50. The van der Waals surface area contributed by atoms with Crippen molar-refractivity contribution in [3.05, 3.63) is 75.0 Å². The van der Waals surface area contributed by atoms with Crippen LogP contribution >= 0.6 is 39.3 Å². The van der Waals surface area contributed by atoms with Gasteiger partial charge in [0.25, 0.3) is 5.91 Å². The molecular formula is C20H20BrClN4OS. The summed E-state index contributed by atoms with van der Waals surface area (Å²) in [7, 11) is 0. The Hall–Kier alpha value is -1.83. The van der Waals surface area contributed by atoms with Crippen LogP contribution in [-0.4, -0.2) is 20.7 Å². The molecule has 146 valence electrons. The molecule has 1 atom stereocenters. The molecule has 1 N–H and O–H groups in total. The fourth-order valence-electron chi connectivity index (χ4n) is 2.70. The highest BCUT2D eigenvalue weighted by molar-refractivity contribution is 9.10. The quantitative estimate of drug-likeness (QED) is 0.455. The lowest BCUT2D eigenvalue weighted by Crippen LogP contribution is -2.28. The van der Waals surface area contributed by atoms with Crippen molar-refractivity contribution in [1.29, 1.82) is 0 Å². The summed E-state index contributed by atoms with van der Waals surface area (Å²) in [4.78, 5) is 12.5. The first-order valence-corrected chi connectivity index (χ1v) is 11.0. The van der Waals surface area contributed by atoms with Gasteiger partial charge in [0, 0.05) is 27.4 Å². The molecule has 8 heteroatoms. The topological polar surface area (TPSA) is 59.8 Å². The number of rotatable bonds is 7. The van der Waals surface area contributed by atoms with E-state index in [1.165, 1.54) is 5.56 Å². The Morgan fingerprint density at radius 2 is 1.86 bits per heavy atom. The van der Waals surface area contributed by atoms with Gasteiger partial charge in [-0.05, 0) is 55.8 Å². The number of nitrogens with zero attached hydrogens (tertiary/aromatic N) is 3. The molecule has 1 amide bonds. The van der Waals surface area contributed by atoms with Gasteiger partial charge < -0.3 is 9.88 Å². The van der Waals surface area contributed by atoms with Crippen molar-refractivity contribution in [3.63, 3.8) is 0 Å². The van der Waals surface area contributed by atoms with Gasteiger partial charge in [-0.1, -0.05) is 51.4 Å². The minimum absolute atomic E-state index is 0.168. The Balaban J connectivity index is 1.68. The number of thioether (sulfide) groups is 1. The van der Waals surface area contributed by atoms with E-state index in [-0.39, 0.29) is 11.9 Å². The highest BCUT2D eigenvalue weighted by Gasteiger charge is 2.19. The molecule has 28 heavy (non-hydrogen) atoms. The molecule has 5 nitrogen and oxygen atoms in total. The van der Waals surface area contributed by atoms with Crippen molar-refractivity contribution < 1.29 is 4.79 Å². The molecule has 0 saturated carbocycles. The van der Waals surface area contributed by atoms with E-state index in [1.807, 2.05) is 30.5 Å². The van der Waals surface area contributed by atoms with Crippen molar-refractivity contribution >= 4 is 45.2 Å². The van der Waals surface area contributed by atoms with Crippen molar-refractivity contribution in [2.24, 2.45) is 0 Å². The van der Waals surface area contributed by atoms with Crippen molar-refractivity contribution in [1.82, 2.24) is 20.1 Å². The van der Waals surface area contributed by atoms with Gasteiger partial charge in [-0.25, -0.2) is 0 Å². The second-order valence-corrected chi connectivity index (χ2v) is 8.50. The molecule has 0 unspecified atom stereocenters. The smallest absolute Gasteiger partial charge is 0.251 e. The van der Waals surface area contributed by atoms with Crippen LogP contribution < -0.4 is 5.32 Å². The largest absolute Gasteiger partial charge is 0.342 e. The van der Waals surface area contributed by atoms with Gasteiger partial charge in [0.1, 0.15) is 0 Å². The lowest BCUT2D eigenvalue weighted by atomic mass is 10.2. The molecule has 3 rings (SSSR count). The predicted molar refractivity (Wildman–Crippen MR) is 117 cm³/mol. The number of benzene rings is 2. The summed E-state index contributed by atoms with van der Waals surface area (Å²) < 4.78 is 3.10. The van der Waals surface area contributed by atoms with Gasteiger partial charge in [-0.15, -0.1) is 10.2 Å². The van der Waals surface area contributed by atoms with E-state index in [0.29, 0.717) is 10.6 Å². The normalized spacial score (nSPS) is 12.0. The summed E-state index contributed by atoms with van der Waals surface area (Å²) >= 11 is 11.0. The Morgan fingerprint density at radius 1 is 1.18 bits per heavy atom. The summed E-state index contributed by atoms with van der Waals surface area (Å²) in [5, 5.41) is 13.1. The lowest BCUT2D eigenvalue weighted by molar-refractivity contribution is 0.0937. The van der Waals surface area contributed by atoms with Crippen LogP contribution in [0.2, 0.25) is 5.02 Å². The Bertz CT molecular complexity index is 944. The molecule has 0 saturated heterocycles. The van der Waals surface area contributed by atoms with Crippen LogP contribution in [0.15, 0.2) is 58.2 Å². The maximum absolute atomic E-state index is 12.5. The van der Waals surface area contributed by atoms with Crippen molar-refractivity contribution in [2.45, 2.75) is 37.3 Å². The third-order valence-corrected chi connectivity index (χ3v) is 6.00. The third-order valence-electron chi connectivity index (χ3n) is 4.18. The summed E-state index contributed by atoms with van der Waals surface area (Å²) in [5.74, 6) is 1.37. The number of hydrogen-bond acceptors (Lipinski definition) is 4. The number of carbonyl (C=O) groups excluding carboxylic acids is 1. The minimum atomic E-state index is -0.266. The molecule has 1 aromatic heterocycles. The molecule has 0 aliphatic carbocycles. The van der Waals surface area contributed by atoms with Crippen LogP contribution in [-0.2, 0) is 12.3 Å². The van der Waals surface area contributed by atoms with Gasteiger partial charge in [-0.3, -0.25) is 4.79 Å². The molecule has 0 spiro atoms. The van der Waals surface area contributed by atoms with Gasteiger partial charge >= 0.3 is 0 Å². The zero-order valence-electron chi connectivity index (χ0n) is 15.5. The molecule has 0 aliphatic heterocycles. The first-order valence-electron chi connectivity index (χ1n) is 8.84. The van der Waals surface area contributed by atoms with E-state index < -0.39 is 0 Å². The average Bonchev–Trinajstić information content (AvgIpc) is 3.11. The van der Waals surface area contributed by atoms with Crippen LogP contribution in [0.25, 0.3) is 0 Å². The van der Waals surface area contributed by atoms with E-state index in [0.717, 1.165) is 27.8 Å². The standard InChI is InChI=1S/C20H20BrClN4OS/c1-3-26-18(13(2)23-19(27)15-6-10-17(22)11-7-15)24-25-20(26)28-12-14-4-8-16(21)9-5-14/h4-11,13H,3,12H2,1-2H3,(H,23,27)/t13-/m1/s1. The second kappa shape index (κ2) is 9.58. The molecular weight excluding hydrogens is 460 g/mol. The van der Waals surface area contributed by atoms with Crippen molar-refractivity contribution in [3.8, 4) is 0 Å². The zero-order valence-corrected chi connectivity index (χ0v) is 18.7. The summed E-state index contributed by atoms with van der Waals surface area (Å²) in [6.45, 7) is 4.68. The zero-order chi connectivity index (χ0) is 20.1. The molecule has 0 bridgehead atoms. The van der Waals surface area contributed by atoms with E-state index >= 15 is 0 Å². The number of aromatic nitrogens is 3. The van der Waals surface area contributed by atoms with E-state index in [1.54, 1.807) is 36.0 Å². The second-order valence-electron chi connectivity index (χ2n) is 6.20. The molecule has 0 aliphatic rings. The monoisotopic (exact) mass is 478 g/mol. The molecule has 2 aromatic carbocycles. The van der Waals surface area contributed by atoms with Crippen LogP contribution in [0.5, 0.6) is 0 Å². The fourth-order valence-corrected chi connectivity index (χ4v) is 4.05. The van der Waals surface area contributed by atoms with Crippen LogP contribution in [0, 0.1) is 0 Å². The molecule has 3 aromatic rings. The molecule has 1 heterocycles. The average molecular weight is 480 g/mol. The summed E-state index contributed by atoms with van der Waals surface area (Å²) in [6, 6.07) is 14.8. The number of nitrogens with one attached hydrogen (secondary N) is 1. The minimum Gasteiger partial charge on any atom is -0.342 e. The fraction of sp³-hybridized carbons (Fsp3) is 0.250. The molecule has 0 fully saturated rings. The van der Waals surface area contributed by atoms with E-state index in [4.69, 9.17) is 11.6 Å². The summed E-state index contributed by atoms with van der Waals surface area (Å²) in [6.07, 6.45) is 0. The Labute approximate surface area is 182 Å². The van der Waals surface area contributed by atoms with E-state index in [9.17, 15) is 4.79 Å². The Kier molecular flexibility index (Phi) is 7.15. The van der Waals surface area contributed by atoms with Gasteiger partial charge in [0.15, 0.2) is 11.0 Å². The van der Waals surface area contributed by atoms with Gasteiger partial charge in [-0.2, -0.15) is 0 Å². The Morgan fingerprint density at radius 3 is 2.50 bits per heavy atom. The maximum Gasteiger partial charge on any atom is 0.251 e. The highest BCUT2D eigenvalue weighted by Crippen LogP contribution is 2.25. The first-order chi connectivity index (χ1) is 13.5. The number of halogens is 2. The lowest BCUT2D eigenvalue weighted by Gasteiger charge is -2.15. The summed E-state index contributed by atoms with van der Waals surface area (Å²) in [5.41, 5.74) is 1.77. The van der Waals surface area contributed by atoms with E-state index in [2.05, 4.69) is 43.6 Å². The van der Waals surface area contributed by atoms with Crippen LogP contribution in [0.3, 0.4) is 0 Å².